The minimum atomic E-state index is -3.09. The predicted molar refractivity (Wildman–Crippen MR) is 120 cm³/mol. The molecular formula is C22H21ClF2N2O4S. The maximum atomic E-state index is 13.5. The first kappa shape index (κ1) is 22.7. The molecule has 3 N–H and O–H groups in total. The van der Waals surface area contributed by atoms with Gasteiger partial charge in [-0.15, -0.1) is 23.7 Å². The molecule has 3 aromatic rings. The highest BCUT2D eigenvalue weighted by Gasteiger charge is 2.31. The third-order valence-electron chi connectivity index (χ3n) is 5.95. The Kier molecular flexibility index (Phi) is 6.00. The Morgan fingerprint density at radius 1 is 1.28 bits per heavy atom. The number of hydrogen-bond acceptors (Lipinski definition) is 5. The summed E-state index contributed by atoms with van der Waals surface area (Å²) in [4.78, 5) is 26.3. The van der Waals surface area contributed by atoms with Crippen molar-refractivity contribution in [3.05, 3.63) is 50.6 Å². The third kappa shape index (κ3) is 3.78. The lowest BCUT2D eigenvalue weighted by Gasteiger charge is -2.18. The van der Waals surface area contributed by atoms with Gasteiger partial charge in [-0.25, -0.2) is 4.79 Å². The molecule has 2 heterocycles. The smallest absolute Gasteiger partial charge is 0.387 e. The lowest BCUT2D eigenvalue weighted by atomic mass is 9.94. The zero-order valence-electron chi connectivity index (χ0n) is 16.8. The number of alkyl halides is 2. The number of carboxylic acid groups (broad SMARTS) is 1. The molecule has 1 unspecified atom stereocenters. The number of ether oxygens (including phenoxy) is 1. The van der Waals surface area contributed by atoms with Crippen LogP contribution in [-0.4, -0.2) is 22.3 Å². The molecule has 0 amide bonds. The summed E-state index contributed by atoms with van der Waals surface area (Å²) >= 11 is 1.50. The van der Waals surface area contributed by atoms with Crippen LogP contribution in [0, 0.1) is 0 Å². The van der Waals surface area contributed by atoms with E-state index in [2.05, 4.69) is 0 Å². The molecule has 32 heavy (non-hydrogen) atoms. The van der Waals surface area contributed by atoms with Crippen molar-refractivity contribution < 1.29 is 23.4 Å². The zero-order chi connectivity index (χ0) is 21.9. The molecule has 1 fully saturated rings. The summed E-state index contributed by atoms with van der Waals surface area (Å²) in [5.41, 5.74) is 6.84. The van der Waals surface area contributed by atoms with Crippen LogP contribution in [-0.2, 0) is 6.42 Å². The van der Waals surface area contributed by atoms with Crippen molar-refractivity contribution in [2.75, 3.05) is 0 Å². The molecule has 0 radical (unpaired) electrons. The van der Waals surface area contributed by atoms with Gasteiger partial charge in [0.25, 0.3) is 0 Å². The van der Waals surface area contributed by atoms with Crippen LogP contribution < -0.4 is 15.9 Å². The first-order valence-electron chi connectivity index (χ1n) is 10.1. The molecule has 0 saturated heterocycles. The summed E-state index contributed by atoms with van der Waals surface area (Å²) in [5.74, 6) is -1.44. The molecule has 0 bridgehead atoms. The van der Waals surface area contributed by atoms with Gasteiger partial charge in [-0.05, 0) is 55.9 Å². The van der Waals surface area contributed by atoms with Crippen LogP contribution in [0.15, 0.2) is 29.2 Å². The monoisotopic (exact) mass is 482 g/mol. The Morgan fingerprint density at radius 2 is 2.03 bits per heavy atom. The Bertz CT molecular complexity index is 1270. The number of thiophene rings is 1. The van der Waals surface area contributed by atoms with Crippen molar-refractivity contribution in [1.29, 1.82) is 0 Å². The number of pyridine rings is 1. The summed E-state index contributed by atoms with van der Waals surface area (Å²) < 4.78 is 33.5. The van der Waals surface area contributed by atoms with Crippen LogP contribution in [0.2, 0.25) is 0 Å². The second-order valence-electron chi connectivity index (χ2n) is 8.02. The van der Waals surface area contributed by atoms with E-state index in [0.29, 0.717) is 5.56 Å². The van der Waals surface area contributed by atoms with Crippen LogP contribution in [0.5, 0.6) is 5.75 Å². The number of rotatable bonds is 5. The Hall–Kier alpha value is -2.49. The quantitative estimate of drug-likeness (QED) is 0.526. The van der Waals surface area contributed by atoms with Crippen molar-refractivity contribution in [3.8, 4) is 16.2 Å². The number of nitrogens with zero attached hydrogens (tertiary/aromatic N) is 1. The number of halogens is 3. The average Bonchev–Trinajstić information content (AvgIpc) is 3.46. The minimum Gasteiger partial charge on any atom is -0.477 e. The van der Waals surface area contributed by atoms with Gasteiger partial charge in [-0.1, -0.05) is 0 Å². The van der Waals surface area contributed by atoms with Gasteiger partial charge in [0.2, 0.25) is 5.43 Å². The molecule has 2 aromatic heterocycles. The molecule has 1 saturated carbocycles. The van der Waals surface area contributed by atoms with Gasteiger partial charge < -0.3 is 20.1 Å². The SMILES string of the molecule is Cl.NC1CCCc2sc(-c3ccc4c(=O)c(C(=O)O)cn(C5CC5)c4c3OC(F)F)cc21. The average molecular weight is 483 g/mol. The highest BCUT2D eigenvalue weighted by Crippen LogP contribution is 2.46. The third-order valence-corrected chi connectivity index (χ3v) is 7.19. The lowest BCUT2D eigenvalue weighted by Crippen LogP contribution is -2.19. The van der Waals surface area contributed by atoms with Gasteiger partial charge in [0.05, 0.1) is 10.9 Å². The largest absolute Gasteiger partial charge is 0.477 e. The molecule has 6 nitrogen and oxygen atoms in total. The van der Waals surface area contributed by atoms with E-state index in [1.54, 1.807) is 10.6 Å². The summed E-state index contributed by atoms with van der Waals surface area (Å²) in [5, 5.41) is 9.50. The number of aromatic nitrogens is 1. The van der Waals surface area contributed by atoms with Crippen molar-refractivity contribution in [3.63, 3.8) is 0 Å². The summed E-state index contributed by atoms with van der Waals surface area (Å²) in [6.45, 7) is -3.09. The molecule has 10 heteroatoms. The number of fused-ring (bicyclic) bond motifs is 2. The van der Waals surface area contributed by atoms with Gasteiger partial charge in [0.1, 0.15) is 5.56 Å². The number of benzene rings is 1. The van der Waals surface area contributed by atoms with Crippen LogP contribution >= 0.6 is 23.7 Å². The molecule has 1 aromatic carbocycles. The summed E-state index contributed by atoms with van der Waals surface area (Å²) in [6.07, 6.45) is 5.55. The van der Waals surface area contributed by atoms with E-state index in [9.17, 15) is 23.5 Å². The number of nitrogens with two attached hydrogens (primary N) is 1. The van der Waals surface area contributed by atoms with Gasteiger partial charge in [-0.2, -0.15) is 8.78 Å². The highest BCUT2D eigenvalue weighted by molar-refractivity contribution is 7.15. The fourth-order valence-electron chi connectivity index (χ4n) is 4.34. The fourth-order valence-corrected chi connectivity index (χ4v) is 5.63. The topological polar surface area (TPSA) is 94.5 Å². The molecule has 0 spiro atoms. The Balaban J connectivity index is 0.00000245. The normalized spacial score (nSPS) is 17.8. The molecular weight excluding hydrogens is 462 g/mol. The Morgan fingerprint density at radius 3 is 2.66 bits per heavy atom. The number of carbonyl (C=O) groups is 1. The molecule has 5 rings (SSSR count). The number of aryl methyl sites for hydroxylation is 1. The van der Waals surface area contributed by atoms with Gasteiger partial charge in [-0.3, -0.25) is 4.79 Å². The highest BCUT2D eigenvalue weighted by atomic mass is 35.5. The molecule has 0 aliphatic heterocycles. The van der Waals surface area contributed by atoms with Crippen LogP contribution in [0.25, 0.3) is 21.3 Å². The van der Waals surface area contributed by atoms with Crippen LogP contribution in [0.4, 0.5) is 8.78 Å². The van der Waals surface area contributed by atoms with Crippen molar-refractivity contribution in [2.24, 2.45) is 5.73 Å². The van der Waals surface area contributed by atoms with Crippen molar-refractivity contribution >= 4 is 40.6 Å². The molecule has 1 atom stereocenters. The maximum Gasteiger partial charge on any atom is 0.387 e. The number of hydrogen-bond donors (Lipinski definition) is 2. The van der Waals surface area contributed by atoms with E-state index >= 15 is 0 Å². The first-order chi connectivity index (χ1) is 14.8. The van der Waals surface area contributed by atoms with E-state index in [1.807, 2.05) is 6.07 Å². The van der Waals surface area contributed by atoms with Gasteiger partial charge in [0.15, 0.2) is 5.75 Å². The van der Waals surface area contributed by atoms with Crippen molar-refractivity contribution in [1.82, 2.24) is 4.57 Å². The fraction of sp³-hybridized carbons (Fsp3) is 0.364. The molecule has 2 aliphatic carbocycles. The number of carboxylic acids is 1. The van der Waals surface area contributed by atoms with Crippen LogP contribution in [0.3, 0.4) is 0 Å². The van der Waals surface area contributed by atoms with E-state index in [-0.39, 0.29) is 46.7 Å². The van der Waals surface area contributed by atoms with E-state index in [1.165, 1.54) is 23.6 Å². The van der Waals surface area contributed by atoms with Crippen molar-refractivity contribution in [2.45, 2.75) is 50.8 Å². The Labute approximate surface area is 192 Å². The van der Waals surface area contributed by atoms with Gasteiger partial charge in [0, 0.05) is 33.6 Å². The lowest BCUT2D eigenvalue weighted by molar-refractivity contribution is -0.0486. The standard InChI is InChI=1S/C22H20F2N2O4S.ClH/c23-22(24)30-20-11(17-8-13-15(25)2-1-3-16(13)31-17)6-7-12-18(20)26(10-4-5-10)9-14(19(12)27)21(28)29;/h6-10,15,22H,1-5,25H2,(H,28,29);1H. The number of aromatic carboxylic acids is 1. The van der Waals surface area contributed by atoms with E-state index in [0.717, 1.165) is 47.4 Å². The van der Waals surface area contributed by atoms with E-state index in [4.69, 9.17) is 10.5 Å². The first-order valence-corrected chi connectivity index (χ1v) is 10.9. The zero-order valence-corrected chi connectivity index (χ0v) is 18.5. The molecule has 2 aliphatic rings. The second kappa shape index (κ2) is 8.46. The summed E-state index contributed by atoms with van der Waals surface area (Å²) in [6, 6.07) is 4.86. The van der Waals surface area contributed by atoms with E-state index < -0.39 is 18.0 Å². The molecule has 170 valence electrons. The minimum absolute atomic E-state index is 0. The van der Waals surface area contributed by atoms with Crippen LogP contribution in [0.1, 0.15) is 58.6 Å². The maximum absolute atomic E-state index is 13.5. The van der Waals surface area contributed by atoms with Gasteiger partial charge >= 0.3 is 12.6 Å². The summed E-state index contributed by atoms with van der Waals surface area (Å²) in [7, 11) is 0. The predicted octanol–water partition coefficient (Wildman–Crippen LogP) is 5.12. The second-order valence-corrected chi connectivity index (χ2v) is 9.16.